The molecule has 0 radical (unpaired) electrons. The van der Waals surface area contributed by atoms with Gasteiger partial charge in [-0.15, -0.1) is 0 Å². The first-order valence-electron chi connectivity index (χ1n) is 8.48. The maximum absolute atomic E-state index is 12.5. The molecule has 2 unspecified atom stereocenters. The van der Waals surface area contributed by atoms with E-state index in [1.165, 1.54) is 5.06 Å². The van der Waals surface area contributed by atoms with Gasteiger partial charge in [-0.1, -0.05) is 35.4 Å². The molecule has 1 saturated heterocycles. The molecule has 2 atom stereocenters. The van der Waals surface area contributed by atoms with E-state index in [0.717, 1.165) is 5.56 Å². The Labute approximate surface area is 151 Å². The number of nitrogens with zero attached hydrogens (tertiary/aromatic N) is 1. The molecule has 0 aliphatic carbocycles. The minimum absolute atomic E-state index is 0.260. The molecule has 2 rings (SSSR count). The molecule has 2 amide bonds. The van der Waals surface area contributed by atoms with Gasteiger partial charge in [0.2, 0.25) is 0 Å². The Morgan fingerprint density at radius 3 is 2.32 bits per heavy atom. The second kappa shape index (κ2) is 7.16. The van der Waals surface area contributed by atoms with Gasteiger partial charge in [0.15, 0.2) is 0 Å². The van der Waals surface area contributed by atoms with E-state index in [-0.39, 0.29) is 17.1 Å². The average Bonchev–Trinajstić information content (AvgIpc) is 2.47. The second-order valence-electron chi connectivity index (χ2n) is 8.36. The maximum Gasteiger partial charge on any atom is 0.408 e. The normalized spacial score (nSPS) is 20.8. The summed E-state index contributed by atoms with van der Waals surface area (Å²) in [5, 5.41) is 3.79. The minimum Gasteiger partial charge on any atom is -0.444 e. The first kappa shape index (κ1) is 19.4. The second-order valence-corrected chi connectivity index (χ2v) is 8.36. The van der Waals surface area contributed by atoms with Crippen LogP contribution in [0.3, 0.4) is 0 Å². The van der Waals surface area contributed by atoms with Crippen molar-refractivity contribution in [2.45, 2.75) is 50.2 Å². The number of hydrogen-bond acceptors (Lipinski definition) is 4. The lowest BCUT2D eigenvalue weighted by Gasteiger charge is -2.51. The van der Waals surface area contributed by atoms with Crippen LogP contribution in [0.4, 0.5) is 4.79 Å². The van der Waals surface area contributed by atoms with Crippen LogP contribution >= 0.6 is 0 Å². The van der Waals surface area contributed by atoms with Gasteiger partial charge >= 0.3 is 6.09 Å². The van der Waals surface area contributed by atoms with Crippen molar-refractivity contribution in [2.75, 3.05) is 0 Å². The molecule has 9 heteroatoms. The molecule has 0 bridgehead atoms. The third-order valence-corrected chi connectivity index (χ3v) is 3.82. The van der Waals surface area contributed by atoms with E-state index in [2.05, 4.69) is 5.32 Å². The number of ether oxygens (including phenoxy) is 1. The van der Waals surface area contributed by atoms with Crippen molar-refractivity contribution < 1.29 is 19.2 Å². The van der Waals surface area contributed by atoms with Crippen LogP contribution in [0.2, 0.25) is 5.11 Å². The number of alkyl carbamates (subject to hydrolysis) is 1. The van der Waals surface area contributed by atoms with E-state index in [1.807, 2.05) is 53.9 Å². The lowest BCUT2D eigenvalue weighted by atomic mass is 9.37. The zero-order valence-electron chi connectivity index (χ0n) is 15.8. The zero-order chi connectivity index (χ0) is 18.8. The van der Waals surface area contributed by atoms with E-state index in [0.29, 0.717) is 6.61 Å². The van der Waals surface area contributed by atoms with Crippen LogP contribution in [-0.2, 0) is 21.0 Å². The fourth-order valence-electron chi connectivity index (χ4n) is 2.75. The highest BCUT2D eigenvalue weighted by atomic mass is 16.7. The number of carbonyl (C=O) groups is 2. The van der Waals surface area contributed by atoms with Crippen molar-refractivity contribution >= 4 is 35.5 Å². The van der Waals surface area contributed by atoms with Gasteiger partial charge in [0.25, 0.3) is 5.91 Å². The fraction of sp³-hybridized carbons (Fsp3) is 0.500. The van der Waals surface area contributed by atoms with E-state index < -0.39 is 17.7 Å². The minimum atomic E-state index is -0.648. The summed E-state index contributed by atoms with van der Waals surface area (Å²) in [5.41, 5.74) is 0.365. The first-order valence-corrected chi connectivity index (χ1v) is 8.48. The molecule has 1 aliphatic rings. The van der Waals surface area contributed by atoms with Crippen LogP contribution in [0, 0.1) is 0 Å². The SMILES string of the molecule is BC(B)(B)C1C(NC(=O)OC(C)(C)C)C(=O)N1OCc1ccccc1. The number of carbonyl (C=O) groups excluding carboxylic acids is 2. The van der Waals surface area contributed by atoms with E-state index in [1.54, 1.807) is 20.8 Å². The Bertz CT molecular complexity index is 629. The number of hydrogen-bond donors (Lipinski definition) is 1. The highest BCUT2D eigenvalue weighted by Gasteiger charge is 2.54. The van der Waals surface area contributed by atoms with Gasteiger partial charge in [0.05, 0.1) is 29.6 Å². The molecule has 1 N–H and O–H groups in total. The topological polar surface area (TPSA) is 67.9 Å². The zero-order valence-corrected chi connectivity index (χ0v) is 15.8. The van der Waals surface area contributed by atoms with Crippen LogP contribution < -0.4 is 5.32 Å². The monoisotopic (exact) mass is 342 g/mol. The molecule has 0 spiro atoms. The Morgan fingerprint density at radius 2 is 1.80 bits per heavy atom. The summed E-state index contributed by atoms with van der Waals surface area (Å²) in [7, 11) is 6.02. The van der Waals surface area contributed by atoms with E-state index in [9.17, 15) is 9.59 Å². The van der Waals surface area contributed by atoms with Crippen molar-refractivity contribution in [3.05, 3.63) is 35.9 Å². The number of nitrogens with one attached hydrogen (secondary N) is 1. The summed E-state index contributed by atoms with van der Waals surface area (Å²) >= 11 is 0. The summed E-state index contributed by atoms with van der Waals surface area (Å²) in [6.07, 6.45) is -0.595. The number of hydroxylamine groups is 2. The summed E-state index contributed by atoms with van der Waals surface area (Å²) in [4.78, 5) is 30.2. The maximum atomic E-state index is 12.5. The van der Waals surface area contributed by atoms with Crippen molar-refractivity contribution in [2.24, 2.45) is 0 Å². The standard InChI is InChI=1S/C16H25B3N2O4/c1-15(2,3)25-14(23)20-11-12(16(17,18)19)21(13(11)22)24-9-10-7-5-4-6-8-10/h4-8,11-12H,9,17-19H2,1-3H3,(H,20,23). The fourth-order valence-corrected chi connectivity index (χ4v) is 2.75. The van der Waals surface area contributed by atoms with Crippen LogP contribution in [-0.4, -0.2) is 58.3 Å². The Morgan fingerprint density at radius 1 is 1.20 bits per heavy atom. The van der Waals surface area contributed by atoms with Crippen molar-refractivity contribution in [3.8, 4) is 0 Å². The molecular weight excluding hydrogens is 317 g/mol. The smallest absolute Gasteiger partial charge is 0.408 e. The van der Waals surface area contributed by atoms with Gasteiger partial charge in [0, 0.05) is 0 Å². The van der Waals surface area contributed by atoms with Crippen LogP contribution in [0.5, 0.6) is 0 Å². The third kappa shape index (κ3) is 5.04. The molecule has 0 saturated carbocycles. The highest BCUT2D eigenvalue weighted by Crippen LogP contribution is 2.34. The summed E-state index contributed by atoms with van der Waals surface area (Å²) in [6, 6.07) is 8.73. The Balaban J connectivity index is 2.02. The van der Waals surface area contributed by atoms with Crippen LogP contribution in [0.25, 0.3) is 0 Å². The average molecular weight is 342 g/mol. The molecule has 132 valence electrons. The van der Waals surface area contributed by atoms with Crippen LogP contribution in [0.1, 0.15) is 26.3 Å². The summed E-state index contributed by atoms with van der Waals surface area (Å²) < 4.78 is 5.26. The summed E-state index contributed by atoms with van der Waals surface area (Å²) in [5.74, 6) is -0.262. The molecule has 1 heterocycles. The lowest BCUT2D eigenvalue weighted by Crippen LogP contribution is -2.74. The van der Waals surface area contributed by atoms with Gasteiger partial charge in [-0.2, -0.15) is 0 Å². The lowest BCUT2D eigenvalue weighted by molar-refractivity contribution is -0.240. The number of amides is 2. The Hall–Kier alpha value is -1.89. The van der Waals surface area contributed by atoms with E-state index >= 15 is 0 Å². The molecule has 1 aromatic carbocycles. The van der Waals surface area contributed by atoms with Gasteiger partial charge in [-0.05, 0) is 26.3 Å². The quantitative estimate of drug-likeness (QED) is 0.562. The van der Waals surface area contributed by atoms with Gasteiger partial charge in [-0.3, -0.25) is 9.63 Å². The Kier molecular flexibility index (Phi) is 5.57. The van der Waals surface area contributed by atoms with E-state index in [4.69, 9.17) is 9.57 Å². The van der Waals surface area contributed by atoms with Gasteiger partial charge < -0.3 is 10.1 Å². The predicted molar refractivity (Wildman–Crippen MR) is 103 cm³/mol. The third-order valence-electron chi connectivity index (χ3n) is 3.82. The molecular formula is C16H25B3N2O4. The summed E-state index contributed by atoms with van der Waals surface area (Å²) in [6.45, 7) is 5.65. The largest absolute Gasteiger partial charge is 0.444 e. The predicted octanol–water partition coefficient (Wildman–Crippen LogP) is -0.805. The van der Waals surface area contributed by atoms with Crippen molar-refractivity contribution in [1.29, 1.82) is 0 Å². The van der Waals surface area contributed by atoms with Crippen molar-refractivity contribution in [1.82, 2.24) is 10.4 Å². The molecule has 0 aromatic heterocycles. The molecule has 1 aromatic rings. The van der Waals surface area contributed by atoms with Gasteiger partial charge in [0.1, 0.15) is 18.2 Å². The van der Waals surface area contributed by atoms with Crippen LogP contribution in [0.15, 0.2) is 30.3 Å². The number of benzene rings is 1. The molecule has 1 aliphatic heterocycles. The van der Waals surface area contributed by atoms with Crippen molar-refractivity contribution in [3.63, 3.8) is 0 Å². The molecule has 1 fully saturated rings. The molecule has 6 nitrogen and oxygen atoms in total. The van der Waals surface area contributed by atoms with Gasteiger partial charge in [-0.25, -0.2) is 9.86 Å². The first-order chi connectivity index (χ1) is 11.5. The number of rotatable bonds is 5. The number of β-lactam (4-membered cyclic amide) rings is 1. The molecule has 25 heavy (non-hydrogen) atoms. The highest BCUT2D eigenvalue weighted by molar-refractivity contribution is 6.60.